The van der Waals surface area contributed by atoms with Crippen molar-refractivity contribution in [3.05, 3.63) is 50.5 Å². The Kier molecular flexibility index (Phi) is 4.46. The normalized spacial score (nSPS) is 11.5. The molecule has 2 nitrogen and oxygen atoms in total. The zero-order valence-electron chi connectivity index (χ0n) is 9.51. The van der Waals surface area contributed by atoms with E-state index in [2.05, 4.69) is 20.9 Å². The minimum absolute atomic E-state index is 0.178. The molecule has 0 aliphatic carbocycles. The number of ether oxygens (including phenoxy) is 1. The predicted molar refractivity (Wildman–Crippen MR) is 73.5 cm³/mol. The van der Waals surface area contributed by atoms with Crippen molar-refractivity contribution in [1.29, 1.82) is 0 Å². The molecule has 1 aromatic carbocycles. The molecule has 8 heteroatoms. The van der Waals surface area contributed by atoms with Crippen molar-refractivity contribution in [2.24, 2.45) is 0 Å². The summed E-state index contributed by atoms with van der Waals surface area (Å²) < 4.78 is 43.9. The van der Waals surface area contributed by atoms with Crippen LogP contribution in [0.3, 0.4) is 0 Å². The van der Waals surface area contributed by atoms with E-state index in [0.717, 1.165) is 12.1 Å². The van der Waals surface area contributed by atoms with Gasteiger partial charge in [-0.1, -0.05) is 39.1 Å². The van der Waals surface area contributed by atoms with E-state index in [4.69, 9.17) is 27.9 Å². The smallest absolute Gasteiger partial charge is 0.416 e. The maximum Gasteiger partial charge on any atom is 0.416 e. The van der Waals surface area contributed by atoms with Crippen molar-refractivity contribution >= 4 is 39.1 Å². The Morgan fingerprint density at radius 2 is 1.80 bits per heavy atom. The molecule has 0 bridgehead atoms. The predicted octanol–water partition coefficient (Wildman–Crippen LogP) is 5.96. The van der Waals surface area contributed by atoms with Gasteiger partial charge in [0.2, 0.25) is 5.88 Å². The second kappa shape index (κ2) is 5.79. The minimum atomic E-state index is -4.53. The van der Waals surface area contributed by atoms with E-state index in [1.54, 1.807) is 12.1 Å². The Bertz CT molecular complexity index is 649. The number of hydrogen-bond donors (Lipinski definition) is 0. The van der Waals surface area contributed by atoms with Gasteiger partial charge in [-0.05, 0) is 24.3 Å². The van der Waals surface area contributed by atoms with Crippen LogP contribution in [0.2, 0.25) is 10.2 Å². The van der Waals surface area contributed by atoms with E-state index >= 15 is 0 Å². The quantitative estimate of drug-likeness (QED) is 0.594. The summed E-state index contributed by atoms with van der Waals surface area (Å²) in [6.07, 6.45) is -4.53. The Hall–Kier alpha value is -0.980. The minimum Gasteiger partial charge on any atom is -0.437 e. The van der Waals surface area contributed by atoms with E-state index in [1.807, 2.05) is 0 Å². The number of aromatic nitrogens is 1. The fourth-order valence-electron chi connectivity index (χ4n) is 1.36. The molecule has 2 aromatic rings. The lowest BCUT2D eigenvalue weighted by Gasteiger charge is -2.11. The Balaban J connectivity index is 2.36. The molecular weight excluding hydrogens is 382 g/mol. The highest BCUT2D eigenvalue weighted by Crippen LogP contribution is 2.35. The number of rotatable bonds is 2. The summed E-state index contributed by atoms with van der Waals surface area (Å²) in [5, 5.41) is -0.0854. The monoisotopic (exact) mass is 385 g/mol. The lowest BCUT2D eigenvalue weighted by molar-refractivity contribution is -0.137. The first-order valence-corrected chi connectivity index (χ1v) is 6.68. The zero-order chi connectivity index (χ0) is 14.9. The van der Waals surface area contributed by atoms with E-state index in [1.165, 1.54) is 6.07 Å². The Morgan fingerprint density at radius 1 is 1.10 bits per heavy atom. The first-order valence-electron chi connectivity index (χ1n) is 5.13. The third-order valence-electron chi connectivity index (χ3n) is 2.21. The molecule has 0 radical (unpaired) electrons. The van der Waals surface area contributed by atoms with Gasteiger partial charge in [0.05, 0.1) is 10.6 Å². The highest BCUT2D eigenvalue weighted by Gasteiger charge is 2.32. The lowest BCUT2D eigenvalue weighted by atomic mass is 10.2. The molecule has 0 unspecified atom stereocenters. The zero-order valence-corrected chi connectivity index (χ0v) is 12.6. The fourth-order valence-corrected chi connectivity index (χ4v) is 2.27. The van der Waals surface area contributed by atoms with E-state index in [-0.39, 0.29) is 21.8 Å². The van der Waals surface area contributed by atoms with Crippen LogP contribution in [0.1, 0.15) is 5.56 Å². The third-order valence-corrected chi connectivity index (χ3v) is 3.19. The summed E-state index contributed by atoms with van der Waals surface area (Å²) in [5.74, 6) is -0.105. The van der Waals surface area contributed by atoms with Crippen molar-refractivity contribution in [3.8, 4) is 11.6 Å². The first-order chi connectivity index (χ1) is 9.25. The van der Waals surface area contributed by atoms with E-state index < -0.39 is 11.7 Å². The molecule has 0 fully saturated rings. The second-order valence-corrected chi connectivity index (χ2v) is 5.40. The molecule has 0 amide bonds. The van der Waals surface area contributed by atoms with Crippen LogP contribution in [0.25, 0.3) is 0 Å². The lowest BCUT2D eigenvalue weighted by Crippen LogP contribution is -2.05. The standard InChI is InChI=1S/C12H5BrCl2F3NO/c13-7-1-2-9(8(14)5-7)20-11-4-6(12(16,17)18)3-10(15)19-11/h1-5H. The van der Waals surface area contributed by atoms with Crippen LogP contribution in [-0.2, 0) is 6.18 Å². The van der Waals surface area contributed by atoms with Crippen molar-refractivity contribution in [3.63, 3.8) is 0 Å². The average molecular weight is 387 g/mol. The van der Waals surface area contributed by atoms with Gasteiger partial charge in [-0.3, -0.25) is 0 Å². The largest absolute Gasteiger partial charge is 0.437 e. The molecule has 0 aliphatic rings. The number of pyridine rings is 1. The Morgan fingerprint density at radius 3 is 2.40 bits per heavy atom. The number of alkyl halides is 3. The molecule has 20 heavy (non-hydrogen) atoms. The molecular formula is C12H5BrCl2F3NO. The summed E-state index contributed by atoms with van der Waals surface area (Å²) in [6.45, 7) is 0. The molecule has 0 spiro atoms. The van der Waals surface area contributed by atoms with Gasteiger partial charge < -0.3 is 4.74 Å². The van der Waals surface area contributed by atoms with E-state index in [9.17, 15) is 13.2 Å². The van der Waals surface area contributed by atoms with Gasteiger partial charge >= 0.3 is 6.18 Å². The second-order valence-electron chi connectivity index (χ2n) is 3.69. The highest BCUT2D eigenvalue weighted by molar-refractivity contribution is 9.10. The average Bonchev–Trinajstić information content (AvgIpc) is 2.31. The van der Waals surface area contributed by atoms with Gasteiger partial charge in [-0.15, -0.1) is 0 Å². The maximum atomic E-state index is 12.6. The van der Waals surface area contributed by atoms with Crippen LogP contribution in [-0.4, -0.2) is 4.98 Å². The number of nitrogens with zero attached hydrogens (tertiary/aromatic N) is 1. The van der Waals surface area contributed by atoms with Gasteiger partial charge in [0.25, 0.3) is 0 Å². The van der Waals surface area contributed by atoms with Gasteiger partial charge in [-0.25, -0.2) is 4.98 Å². The highest BCUT2D eigenvalue weighted by atomic mass is 79.9. The SMILES string of the molecule is FC(F)(F)c1cc(Cl)nc(Oc2ccc(Br)cc2Cl)c1. The number of halogens is 6. The fraction of sp³-hybridized carbons (Fsp3) is 0.0833. The van der Waals surface area contributed by atoms with Gasteiger partial charge in [0.15, 0.2) is 0 Å². The summed E-state index contributed by atoms with van der Waals surface area (Å²) in [7, 11) is 0. The topological polar surface area (TPSA) is 22.1 Å². The molecule has 106 valence electrons. The summed E-state index contributed by atoms with van der Waals surface area (Å²) in [5.41, 5.74) is -0.944. The maximum absolute atomic E-state index is 12.6. The van der Waals surface area contributed by atoms with Crippen LogP contribution >= 0.6 is 39.1 Å². The molecule has 1 aromatic heterocycles. The van der Waals surface area contributed by atoms with E-state index in [0.29, 0.717) is 4.47 Å². The Labute approximate surface area is 130 Å². The molecule has 2 rings (SSSR count). The van der Waals surface area contributed by atoms with Crippen molar-refractivity contribution in [1.82, 2.24) is 4.98 Å². The van der Waals surface area contributed by atoms with Crippen LogP contribution < -0.4 is 4.74 Å². The van der Waals surface area contributed by atoms with Crippen molar-refractivity contribution in [2.45, 2.75) is 6.18 Å². The van der Waals surface area contributed by atoms with Crippen LogP contribution in [0, 0.1) is 0 Å². The number of hydrogen-bond acceptors (Lipinski definition) is 2. The summed E-state index contributed by atoms with van der Waals surface area (Å²) in [4.78, 5) is 3.68. The first kappa shape index (κ1) is 15.4. The molecule has 0 N–H and O–H groups in total. The van der Waals surface area contributed by atoms with Crippen LogP contribution in [0.5, 0.6) is 11.6 Å². The van der Waals surface area contributed by atoms with Crippen LogP contribution in [0.15, 0.2) is 34.8 Å². The third kappa shape index (κ3) is 3.77. The summed E-state index contributed by atoms with van der Waals surface area (Å²) >= 11 is 14.7. The van der Waals surface area contributed by atoms with Gasteiger partial charge in [0, 0.05) is 10.5 Å². The number of benzene rings is 1. The van der Waals surface area contributed by atoms with Crippen LogP contribution in [0.4, 0.5) is 13.2 Å². The molecule has 0 aliphatic heterocycles. The molecule has 1 heterocycles. The molecule has 0 saturated heterocycles. The van der Waals surface area contributed by atoms with Gasteiger partial charge in [-0.2, -0.15) is 13.2 Å². The van der Waals surface area contributed by atoms with Gasteiger partial charge in [0.1, 0.15) is 10.9 Å². The summed E-state index contributed by atoms with van der Waals surface area (Å²) in [6, 6.07) is 6.16. The molecule has 0 atom stereocenters. The molecule has 0 saturated carbocycles. The van der Waals surface area contributed by atoms with Crippen molar-refractivity contribution < 1.29 is 17.9 Å². The van der Waals surface area contributed by atoms with Crippen molar-refractivity contribution in [2.75, 3.05) is 0 Å².